The first kappa shape index (κ1) is 22.6. The Balaban J connectivity index is 0.00000140. The summed E-state index contributed by atoms with van der Waals surface area (Å²) in [6.07, 6.45) is 8.48. The van der Waals surface area contributed by atoms with Crippen molar-refractivity contribution in [1.29, 1.82) is 0 Å². The van der Waals surface area contributed by atoms with E-state index in [1.165, 1.54) is 42.5 Å². The first-order valence-electron chi connectivity index (χ1n) is 10.00. The van der Waals surface area contributed by atoms with Crippen LogP contribution in [0.5, 0.6) is 0 Å². The highest BCUT2D eigenvalue weighted by Crippen LogP contribution is 2.30. The Morgan fingerprint density at radius 3 is 2.71 bits per heavy atom. The van der Waals surface area contributed by atoms with E-state index >= 15 is 0 Å². The van der Waals surface area contributed by atoms with Crippen molar-refractivity contribution in [3.05, 3.63) is 71.0 Å². The lowest BCUT2D eigenvalue weighted by Crippen LogP contribution is -2.17. The maximum absolute atomic E-state index is 3.64. The molecule has 0 amide bonds. The zero-order valence-corrected chi connectivity index (χ0v) is 18.2. The summed E-state index contributed by atoms with van der Waals surface area (Å²) >= 11 is 0. The molecule has 0 saturated carbocycles. The van der Waals surface area contributed by atoms with Crippen LogP contribution in [-0.2, 0) is 25.8 Å². The predicted octanol–water partition coefficient (Wildman–Crippen LogP) is 5.43. The molecule has 1 aromatic carbocycles. The molecule has 28 heavy (non-hydrogen) atoms. The van der Waals surface area contributed by atoms with Gasteiger partial charge in [0.15, 0.2) is 0 Å². The molecular formula is C23H31Cl2N3. The third-order valence-corrected chi connectivity index (χ3v) is 5.45. The van der Waals surface area contributed by atoms with Gasteiger partial charge in [-0.1, -0.05) is 18.2 Å². The van der Waals surface area contributed by atoms with Crippen LogP contribution >= 0.6 is 24.8 Å². The number of fused-ring (bicyclic) bond motifs is 3. The molecule has 1 aliphatic rings. The molecule has 1 aliphatic carbocycles. The lowest BCUT2D eigenvalue weighted by Gasteiger charge is -2.13. The van der Waals surface area contributed by atoms with Crippen LogP contribution in [0, 0.1) is 0 Å². The summed E-state index contributed by atoms with van der Waals surface area (Å²) in [4.78, 5) is 0. The third-order valence-electron chi connectivity index (χ3n) is 5.45. The van der Waals surface area contributed by atoms with E-state index in [-0.39, 0.29) is 24.8 Å². The Morgan fingerprint density at radius 1 is 1.00 bits per heavy atom. The van der Waals surface area contributed by atoms with Gasteiger partial charge in [0, 0.05) is 36.2 Å². The fourth-order valence-electron chi connectivity index (χ4n) is 4.28. The Kier molecular flexibility index (Phi) is 8.68. The maximum atomic E-state index is 3.64. The summed E-state index contributed by atoms with van der Waals surface area (Å²) in [7, 11) is 0. The zero-order valence-electron chi connectivity index (χ0n) is 16.5. The SMILES string of the molecule is CCNc1cccc(CNCCc2c3c(n4ccccc24)CCCC3)c1.Cl.Cl. The fraction of sp³-hybridized carbons (Fsp3) is 0.391. The highest BCUT2D eigenvalue weighted by atomic mass is 35.5. The average molecular weight is 420 g/mol. The van der Waals surface area contributed by atoms with Gasteiger partial charge < -0.3 is 15.0 Å². The Morgan fingerprint density at radius 2 is 1.86 bits per heavy atom. The standard InChI is InChI=1S/C23H29N3.2ClH/c1-2-25-19-9-7-8-18(16-19)17-24-14-13-21-20-10-3-4-11-22(20)26-15-6-5-12-23(21)26;;/h5-9,12,15-16,24-25H,2-4,10-11,13-14,17H2,1H3;2*1H. The molecule has 3 nitrogen and oxygen atoms in total. The van der Waals surface area contributed by atoms with Crippen molar-refractivity contribution in [3.63, 3.8) is 0 Å². The smallest absolute Gasteiger partial charge is 0.0488 e. The van der Waals surface area contributed by atoms with Crippen molar-refractivity contribution in [3.8, 4) is 0 Å². The molecule has 152 valence electrons. The second kappa shape index (κ2) is 10.8. The van der Waals surface area contributed by atoms with Gasteiger partial charge in [0.05, 0.1) is 0 Å². The number of aromatic nitrogens is 1. The number of benzene rings is 1. The van der Waals surface area contributed by atoms with Crippen LogP contribution < -0.4 is 10.6 Å². The van der Waals surface area contributed by atoms with Gasteiger partial charge in [0.25, 0.3) is 0 Å². The summed E-state index contributed by atoms with van der Waals surface area (Å²) in [6.45, 7) is 5.04. The van der Waals surface area contributed by atoms with Crippen molar-refractivity contribution >= 4 is 36.0 Å². The van der Waals surface area contributed by atoms with Crippen molar-refractivity contribution in [2.45, 2.75) is 45.6 Å². The molecule has 5 heteroatoms. The minimum absolute atomic E-state index is 0. The van der Waals surface area contributed by atoms with Crippen LogP contribution in [0.1, 0.15) is 42.1 Å². The fourth-order valence-corrected chi connectivity index (χ4v) is 4.28. The van der Waals surface area contributed by atoms with Crippen molar-refractivity contribution in [2.24, 2.45) is 0 Å². The number of hydrogen-bond acceptors (Lipinski definition) is 2. The number of nitrogens with one attached hydrogen (secondary N) is 2. The number of pyridine rings is 1. The quantitative estimate of drug-likeness (QED) is 0.500. The summed E-state index contributed by atoms with van der Waals surface area (Å²) in [5.74, 6) is 0. The minimum Gasteiger partial charge on any atom is -0.385 e. The van der Waals surface area contributed by atoms with E-state index in [0.29, 0.717) is 0 Å². The normalized spacial score (nSPS) is 12.8. The molecular weight excluding hydrogens is 389 g/mol. The summed E-state index contributed by atoms with van der Waals surface area (Å²) in [6, 6.07) is 15.3. The van der Waals surface area contributed by atoms with E-state index in [0.717, 1.165) is 26.1 Å². The van der Waals surface area contributed by atoms with Crippen LogP contribution in [0.25, 0.3) is 5.52 Å². The molecule has 0 fully saturated rings. The zero-order chi connectivity index (χ0) is 17.8. The topological polar surface area (TPSA) is 28.5 Å². The molecule has 3 aromatic rings. The van der Waals surface area contributed by atoms with E-state index in [9.17, 15) is 0 Å². The first-order chi connectivity index (χ1) is 12.9. The van der Waals surface area contributed by atoms with Crippen LogP contribution in [-0.4, -0.2) is 17.5 Å². The number of rotatable bonds is 7. The van der Waals surface area contributed by atoms with Gasteiger partial charge in [-0.3, -0.25) is 0 Å². The lowest BCUT2D eigenvalue weighted by molar-refractivity contribution is 0.656. The Labute approximate surface area is 180 Å². The molecule has 2 heterocycles. The molecule has 0 spiro atoms. The number of nitrogens with zero attached hydrogens (tertiary/aromatic N) is 1. The van der Waals surface area contributed by atoms with Gasteiger partial charge in [-0.05, 0) is 86.5 Å². The van der Waals surface area contributed by atoms with E-state index in [4.69, 9.17) is 0 Å². The molecule has 0 atom stereocenters. The first-order valence-corrected chi connectivity index (χ1v) is 10.00. The van der Waals surface area contributed by atoms with Gasteiger partial charge in [0.1, 0.15) is 0 Å². The second-order valence-corrected chi connectivity index (χ2v) is 7.22. The molecule has 0 radical (unpaired) electrons. The van der Waals surface area contributed by atoms with Crippen LogP contribution in [0.2, 0.25) is 0 Å². The highest BCUT2D eigenvalue weighted by Gasteiger charge is 2.19. The maximum Gasteiger partial charge on any atom is 0.0488 e. The van der Waals surface area contributed by atoms with Gasteiger partial charge >= 0.3 is 0 Å². The van der Waals surface area contributed by atoms with E-state index < -0.39 is 0 Å². The van der Waals surface area contributed by atoms with Gasteiger partial charge in [-0.2, -0.15) is 0 Å². The summed E-state index contributed by atoms with van der Waals surface area (Å²) in [5, 5.41) is 7.03. The Bertz CT molecular complexity index is 889. The summed E-state index contributed by atoms with van der Waals surface area (Å²) < 4.78 is 2.43. The van der Waals surface area contributed by atoms with E-state index in [1.807, 2.05) is 0 Å². The predicted molar refractivity (Wildman–Crippen MR) is 125 cm³/mol. The van der Waals surface area contributed by atoms with Crippen molar-refractivity contribution in [1.82, 2.24) is 9.72 Å². The lowest BCUT2D eigenvalue weighted by atomic mass is 9.93. The molecule has 0 bridgehead atoms. The molecule has 0 saturated heterocycles. The molecule has 0 unspecified atom stereocenters. The monoisotopic (exact) mass is 419 g/mol. The van der Waals surface area contributed by atoms with Crippen LogP contribution in [0.3, 0.4) is 0 Å². The largest absolute Gasteiger partial charge is 0.385 e. The van der Waals surface area contributed by atoms with Gasteiger partial charge in [-0.25, -0.2) is 0 Å². The number of aryl methyl sites for hydroxylation is 1. The molecule has 2 N–H and O–H groups in total. The van der Waals surface area contributed by atoms with E-state index in [2.05, 4.69) is 70.6 Å². The van der Waals surface area contributed by atoms with Gasteiger partial charge in [0.2, 0.25) is 0 Å². The number of anilines is 1. The third kappa shape index (κ3) is 4.83. The van der Waals surface area contributed by atoms with Crippen molar-refractivity contribution < 1.29 is 0 Å². The molecule has 4 rings (SSSR count). The number of hydrogen-bond donors (Lipinski definition) is 2. The summed E-state index contributed by atoms with van der Waals surface area (Å²) in [5.41, 5.74) is 8.70. The van der Waals surface area contributed by atoms with Crippen LogP contribution in [0.4, 0.5) is 5.69 Å². The van der Waals surface area contributed by atoms with Gasteiger partial charge in [-0.15, -0.1) is 24.8 Å². The number of halogens is 2. The molecule has 0 aliphatic heterocycles. The minimum atomic E-state index is 0. The second-order valence-electron chi connectivity index (χ2n) is 7.22. The molecule has 2 aromatic heterocycles. The highest BCUT2D eigenvalue weighted by molar-refractivity contribution is 5.85. The van der Waals surface area contributed by atoms with Crippen LogP contribution in [0.15, 0.2) is 48.7 Å². The van der Waals surface area contributed by atoms with E-state index in [1.54, 1.807) is 16.8 Å². The average Bonchev–Trinajstić information content (AvgIpc) is 3.00. The van der Waals surface area contributed by atoms with Crippen molar-refractivity contribution in [2.75, 3.05) is 18.4 Å². The Hall–Kier alpha value is -1.68.